The van der Waals surface area contributed by atoms with Gasteiger partial charge in [0.15, 0.2) is 0 Å². The third kappa shape index (κ3) is 2.60. The second kappa shape index (κ2) is 5.14. The largest absolute Gasteiger partial charge is 0.399 e. The summed E-state index contributed by atoms with van der Waals surface area (Å²) in [5, 5.41) is 5.64. The van der Waals surface area contributed by atoms with Crippen LogP contribution in [0.2, 0.25) is 0 Å². The molecule has 0 radical (unpaired) electrons. The van der Waals surface area contributed by atoms with Crippen LogP contribution >= 0.6 is 0 Å². The van der Waals surface area contributed by atoms with Gasteiger partial charge in [0.2, 0.25) is 0 Å². The molecule has 3 nitrogen and oxygen atoms in total. The number of nitrogens with zero attached hydrogens (tertiary/aromatic N) is 2. The van der Waals surface area contributed by atoms with E-state index in [1.807, 2.05) is 30.5 Å². The highest BCUT2D eigenvalue weighted by molar-refractivity contribution is 5.78. The van der Waals surface area contributed by atoms with Gasteiger partial charge in [-0.05, 0) is 36.6 Å². The molecule has 3 heteroatoms. The highest BCUT2D eigenvalue weighted by atomic mass is 15.3. The Morgan fingerprint density at radius 3 is 2.84 bits per heavy atom. The Kier molecular flexibility index (Phi) is 3.19. The van der Waals surface area contributed by atoms with Crippen molar-refractivity contribution in [2.24, 2.45) is 0 Å². The molecule has 3 aromatic rings. The molecule has 0 aliphatic rings. The lowest BCUT2D eigenvalue weighted by atomic mass is 10.1. The second-order valence-corrected chi connectivity index (χ2v) is 4.78. The first-order valence-corrected chi connectivity index (χ1v) is 6.58. The average Bonchev–Trinajstić information content (AvgIpc) is 2.83. The van der Waals surface area contributed by atoms with Crippen molar-refractivity contribution in [2.75, 3.05) is 5.73 Å². The Hall–Kier alpha value is -2.29. The highest BCUT2D eigenvalue weighted by Crippen LogP contribution is 2.14. The number of anilines is 1. The van der Waals surface area contributed by atoms with Crippen molar-refractivity contribution in [1.82, 2.24) is 9.78 Å². The van der Waals surface area contributed by atoms with Gasteiger partial charge in [-0.15, -0.1) is 0 Å². The van der Waals surface area contributed by atoms with Crippen molar-refractivity contribution >= 4 is 16.6 Å². The fourth-order valence-electron chi connectivity index (χ4n) is 2.39. The van der Waals surface area contributed by atoms with Crippen LogP contribution in [0.5, 0.6) is 0 Å². The molecular weight excluding hydrogens is 234 g/mol. The maximum absolute atomic E-state index is 5.78. The Labute approximate surface area is 112 Å². The Balaban J connectivity index is 1.66. The van der Waals surface area contributed by atoms with Gasteiger partial charge in [0, 0.05) is 17.6 Å². The Bertz CT molecular complexity index is 685. The van der Waals surface area contributed by atoms with Crippen LogP contribution in [-0.4, -0.2) is 9.78 Å². The summed E-state index contributed by atoms with van der Waals surface area (Å²) in [6.45, 7) is 0.933. The zero-order valence-electron chi connectivity index (χ0n) is 10.8. The van der Waals surface area contributed by atoms with E-state index in [9.17, 15) is 0 Å². The molecule has 0 spiro atoms. The van der Waals surface area contributed by atoms with Crippen LogP contribution < -0.4 is 5.73 Å². The van der Waals surface area contributed by atoms with E-state index in [2.05, 4.69) is 34.0 Å². The molecular formula is C16H17N3. The fourth-order valence-corrected chi connectivity index (χ4v) is 2.39. The van der Waals surface area contributed by atoms with Crippen molar-refractivity contribution < 1.29 is 0 Å². The standard InChI is InChI=1S/C16H17N3/c17-15-8-3-5-13(11-15)6-4-10-19-16-9-2-1-7-14(16)12-18-19/h1-3,5,7-9,11-12H,4,6,10,17H2. The molecule has 2 aromatic carbocycles. The maximum atomic E-state index is 5.78. The number of hydrogen-bond donors (Lipinski definition) is 1. The van der Waals surface area contributed by atoms with Crippen molar-refractivity contribution in [3.8, 4) is 0 Å². The van der Waals surface area contributed by atoms with Gasteiger partial charge < -0.3 is 5.73 Å². The number of aryl methyl sites for hydroxylation is 2. The summed E-state index contributed by atoms with van der Waals surface area (Å²) < 4.78 is 2.07. The molecule has 0 aliphatic heterocycles. The Morgan fingerprint density at radius 1 is 1.05 bits per heavy atom. The molecule has 0 saturated heterocycles. The third-order valence-electron chi connectivity index (χ3n) is 3.34. The highest BCUT2D eigenvalue weighted by Gasteiger charge is 2.01. The summed E-state index contributed by atoms with van der Waals surface area (Å²) in [6.07, 6.45) is 4.02. The van der Waals surface area contributed by atoms with E-state index < -0.39 is 0 Å². The van der Waals surface area contributed by atoms with Crippen LogP contribution in [-0.2, 0) is 13.0 Å². The monoisotopic (exact) mass is 251 g/mol. The molecule has 96 valence electrons. The number of aromatic nitrogens is 2. The van der Waals surface area contributed by atoms with Crippen LogP contribution in [0.3, 0.4) is 0 Å². The minimum Gasteiger partial charge on any atom is -0.399 e. The molecule has 0 fully saturated rings. The smallest absolute Gasteiger partial charge is 0.0682 e. The van der Waals surface area contributed by atoms with Crippen molar-refractivity contribution in [3.63, 3.8) is 0 Å². The minimum absolute atomic E-state index is 0.835. The van der Waals surface area contributed by atoms with E-state index in [0.717, 1.165) is 25.1 Å². The lowest BCUT2D eigenvalue weighted by molar-refractivity contribution is 0.596. The second-order valence-electron chi connectivity index (χ2n) is 4.78. The Morgan fingerprint density at radius 2 is 1.95 bits per heavy atom. The minimum atomic E-state index is 0.835. The first-order valence-electron chi connectivity index (χ1n) is 6.58. The summed E-state index contributed by atoms with van der Waals surface area (Å²) in [5.74, 6) is 0. The zero-order chi connectivity index (χ0) is 13.1. The molecule has 0 bridgehead atoms. The topological polar surface area (TPSA) is 43.8 Å². The average molecular weight is 251 g/mol. The number of nitrogen functional groups attached to an aromatic ring is 1. The van der Waals surface area contributed by atoms with Crippen LogP contribution in [0.15, 0.2) is 54.7 Å². The third-order valence-corrected chi connectivity index (χ3v) is 3.34. The van der Waals surface area contributed by atoms with Crippen LogP contribution in [0.25, 0.3) is 10.9 Å². The SMILES string of the molecule is Nc1cccc(CCCn2ncc3ccccc32)c1. The van der Waals surface area contributed by atoms with Gasteiger partial charge in [0.25, 0.3) is 0 Å². The predicted octanol–water partition coefficient (Wildman–Crippen LogP) is 3.25. The number of fused-ring (bicyclic) bond motifs is 1. The summed E-state index contributed by atoms with van der Waals surface area (Å²) in [4.78, 5) is 0. The van der Waals surface area contributed by atoms with Crippen LogP contribution in [0.4, 0.5) is 5.69 Å². The number of nitrogens with two attached hydrogens (primary N) is 1. The van der Waals surface area contributed by atoms with Gasteiger partial charge in [-0.1, -0.05) is 30.3 Å². The molecule has 19 heavy (non-hydrogen) atoms. The van der Waals surface area contributed by atoms with Crippen molar-refractivity contribution in [1.29, 1.82) is 0 Å². The molecule has 0 amide bonds. The number of para-hydroxylation sites is 1. The van der Waals surface area contributed by atoms with E-state index in [4.69, 9.17) is 5.73 Å². The van der Waals surface area contributed by atoms with E-state index >= 15 is 0 Å². The molecule has 3 rings (SSSR count). The summed E-state index contributed by atoms with van der Waals surface area (Å²) in [6, 6.07) is 16.4. The first-order chi connectivity index (χ1) is 9.33. The van der Waals surface area contributed by atoms with Crippen LogP contribution in [0, 0.1) is 0 Å². The van der Waals surface area contributed by atoms with Gasteiger partial charge in [0.1, 0.15) is 0 Å². The van der Waals surface area contributed by atoms with E-state index in [1.165, 1.54) is 16.5 Å². The maximum Gasteiger partial charge on any atom is 0.0682 e. The van der Waals surface area contributed by atoms with Gasteiger partial charge in [-0.2, -0.15) is 5.10 Å². The predicted molar refractivity (Wildman–Crippen MR) is 78.9 cm³/mol. The fraction of sp³-hybridized carbons (Fsp3) is 0.188. The molecule has 1 aromatic heterocycles. The molecule has 0 saturated carbocycles. The number of benzene rings is 2. The first kappa shape index (κ1) is 11.8. The summed E-state index contributed by atoms with van der Waals surface area (Å²) in [5.41, 5.74) is 9.11. The lowest BCUT2D eigenvalue weighted by Gasteiger charge is -2.05. The van der Waals surface area contributed by atoms with E-state index in [0.29, 0.717) is 0 Å². The zero-order valence-corrected chi connectivity index (χ0v) is 10.8. The van der Waals surface area contributed by atoms with Gasteiger partial charge in [-0.3, -0.25) is 4.68 Å². The summed E-state index contributed by atoms with van der Waals surface area (Å²) in [7, 11) is 0. The van der Waals surface area contributed by atoms with Gasteiger partial charge in [0.05, 0.1) is 11.7 Å². The van der Waals surface area contributed by atoms with E-state index in [-0.39, 0.29) is 0 Å². The normalized spacial score (nSPS) is 10.9. The van der Waals surface area contributed by atoms with Crippen LogP contribution in [0.1, 0.15) is 12.0 Å². The number of rotatable bonds is 4. The van der Waals surface area contributed by atoms with E-state index in [1.54, 1.807) is 0 Å². The van der Waals surface area contributed by atoms with Gasteiger partial charge in [-0.25, -0.2) is 0 Å². The number of hydrogen-bond acceptors (Lipinski definition) is 2. The lowest BCUT2D eigenvalue weighted by Crippen LogP contribution is -2.01. The molecule has 1 heterocycles. The molecule has 0 atom stereocenters. The molecule has 0 aliphatic carbocycles. The van der Waals surface area contributed by atoms with Gasteiger partial charge >= 0.3 is 0 Å². The molecule has 2 N–H and O–H groups in total. The summed E-state index contributed by atoms with van der Waals surface area (Å²) >= 11 is 0. The molecule has 0 unspecified atom stereocenters. The van der Waals surface area contributed by atoms with Crippen molar-refractivity contribution in [2.45, 2.75) is 19.4 Å². The van der Waals surface area contributed by atoms with Crippen molar-refractivity contribution in [3.05, 3.63) is 60.3 Å². The quantitative estimate of drug-likeness (QED) is 0.723.